The van der Waals surface area contributed by atoms with Crippen LogP contribution in [0.3, 0.4) is 0 Å². The third-order valence-corrected chi connectivity index (χ3v) is 12.9. The smallest absolute Gasteiger partial charge is 0.178 e. The Balaban J connectivity index is 1.28. The number of ketones is 1. The van der Waals surface area contributed by atoms with Crippen molar-refractivity contribution in [1.82, 2.24) is 0 Å². The summed E-state index contributed by atoms with van der Waals surface area (Å²) in [4.78, 5) is 12.6. The topological polar surface area (TPSA) is 51.2 Å². The first-order chi connectivity index (χ1) is 15.6. The van der Waals surface area contributed by atoms with Crippen molar-refractivity contribution in [3.8, 4) is 0 Å². The molecule has 0 spiro atoms. The quantitative estimate of drug-likeness (QED) is 0.480. The predicted octanol–water partition coefficient (Wildman–Crippen LogP) is 6.71. The van der Waals surface area contributed by atoms with E-state index in [2.05, 4.69) is 20.8 Å². The first-order valence-corrected chi connectivity index (χ1v) is 15.1. The van der Waals surface area contributed by atoms with Crippen LogP contribution in [0.15, 0.2) is 35.2 Å². The molecule has 0 aromatic heterocycles. The maximum Gasteiger partial charge on any atom is 0.178 e. The Kier molecular flexibility index (Phi) is 6.07. The zero-order valence-electron chi connectivity index (χ0n) is 20.8. The molecule has 182 valence electrons. The lowest BCUT2D eigenvalue weighted by Crippen LogP contribution is -2.53. The van der Waals surface area contributed by atoms with E-state index in [0.29, 0.717) is 39.3 Å². The summed E-state index contributed by atoms with van der Waals surface area (Å²) < 4.78 is 25.7. The molecular weight excluding hydrogens is 428 g/mol. The summed E-state index contributed by atoms with van der Waals surface area (Å²) in [5.41, 5.74) is 0.719. The SMILES string of the molecule is C[C@H](CCS(=O)(=O)c1ccccc1)[C@H]1CC[C@H]2[C@@H]3CC[C@H]4CC(=O)CC[C@]4(C)[C@H]3CC[C@]12C. The lowest BCUT2D eigenvalue weighted by atomic mass is 9.44. The van der Waals surface area contributed by atoms with Gasteiger partial charge in [0.05, 0.1) is 10.6 Å². The molecule has 0 heterocycles. The lowest BCUT2D eigenvalue weighted by Gasteiger charge is -2.60. The number of rotatable bonds is 5. The van der Waals surface area contributed by atoms with E-state index in [-0.39, 0.29) is 5.75 Å². The summed E-state index contributed by atoms with van der Waals surface area (Å²) in [6.45, 7) is 7.38. The van der Waals surface area contributed by atoms with Crippen molar-refractivity contribution in [1.29, 1.82) is 0 Å². The Morgan fingerprint density at radius 1 is 0.939 bits per heavy atom. The molecule has 0 amide bonds. The summed E-state index contributed by atoms with van der Waals surface area (Å²) >= 11 is 0. The van der Waals surface area contributed by atoms with E-state index < -0.39 is 9.84 Å². The number of hydrogen-bond acceptors (Lipinski definition) is 3. The third kappa shape index (κ3) is 3.93. The molecule has 4 heteroatoms. The second-order valence-electron chi connectivity index (χ2n) is 12.5. The van der Waals surface area contributed by atoms with Crippen LogP contribution in [0.2, 0.25) is 0 Å². The van der Waals surface area contributed by atoms with Gasteiger partial charge in [-0.3, -0.25) is 4.79 Å². The first kappa shape index (κ1) is 23.6. The molecule has 1 aromatic rings. The highest BCUT2D eigenvalue weighted by Crippen LogP contribution is 2.68. The summed E-state index contributed by atoms with van der Waals surface area (Å²) in [6.07, 6.45) is 11.2. The van der Waals surface area contributed by atoms with Crippen LogP contribution in [0.5, 0.6) is 0 Å². The van der Waals surface area contributed by atoms with Gasteiger partial charge in [-0.2, -0.15) is 0 Å². The summed E-state index contributed by atoms with van der Waals surface area (Å²) in [7, 11) is -3.21. The maximum absolute atomic E-state index is 12.9. The van der Waals surface area contributed by atoms with Gasteiger partial charge in [0.2, 0.25) is 0 Å². The molecule has 0 saturated heterocycles. The predicted molar refractivity (Wildman–Crippen MR) is 132 cm³/mol. The van der Waals surface area contributed by atoms with Gasteiger partial charge in [0.25, 0.3) is 0 Å². The lowest BCUT2D eigenvalue weighted by molar-refractivity contribution is -0.140. The van der Waals surface area contributed by atoms with Gasteiger partial charge >= 0.3 is 0 Å². The molecule has 1 aromatic carbocycles. The fourth-order valence-corrected chi connectivity index (χ4v) is 10.8. The van der Waals surface area contributed by atoms with Crippen LogP contribution in [-0.4, -0.2) is 20.0 Å². The summed E-state index contributed by atoms with van der Waals surface area (Å²) in [6, 6.07) is 8.95. The van der Waals surface area contributed by atoms with Crippen LogP contribution in [0.4, 0.5) is 0 Å². The molecule has 0 radical (unpaired) electrons. The molecule has 4 fully saturated rings. The third-order valence-electron chi connectivity index (χ3n) is 11.2. The van der Waals surface area contributed by atoms with E-state index in [1.54, 1.807) is 12.1 Å². The highest BCUT2D eigenvalue weighted by molar-refractivity contribution is 7.91. The van der Waals surface area contributed by atoms with E-state index in [4.69, 9.17) is 0 Å². The number of hydrogen-bond donors (Lipinski definition) is 0. The number of Topliss-reactive ketones (excluding diaryl/α,β-unsaturated/α-hetero) is 1. The molecule has 0 aliphatic heterocycles. The Bertz CT molecular complexity index is 985. The van der Waals surface area contributed by atoms with E-state index in [1.165, 1.54) is 38.5 Å². The number of carbonyl (C=O) groups is 1. The molecule has 0 bridgehead atoms. The molecule has 33 heavy (non-hydrogen) atoms. The molecule has 5 rings (SSSR count). The van der Waals surface area contributed by atoms with E-state index in [1.807, 2.05) is 18.2 Å². The number of benzene rings is 1. The standard InChI is InChI=1S/C29H42O3S/c1-20(15-18-33(31,32)23-7-5-4-6-8-23)25-11-12-26-24-10-9-21-19-22(30)13-16-28(21,2)27(24)14-17-29(25,26)3/h4-8,20-21,24-27H,9-19H2,1-3H3/t20-,21+,24+,25-,26+,27+,28+,29-/m1/s1. The fraction of sp³-hybridized carbons (Fsp3) is 0.759. The highest BCUT2D eigenvalue weighted by Gasteiger charge is 2.60. The Hall–Kier alpha value is -1.16. The fourth-order valence-electron chi connectivity index (χ4n) is 9.31. The molecule has 4 aliphatic carbocycles. The number of carbonyl (C=O) groups excluding carboxylic acids is 1. The largest absolute Gasteiger partial charge is 0.300 e. The minimum atomic E-state index is -3.21. The minimum Gasteiger partial charge on any atom is -0.300 e. The maximum atomic E-state index is 12.9. The zero-order chi connectivity index (χ0) is 23.4. The van der Waals surface area contributed by atoms with Gasteiger partial charge in [-0.05, 0) is 110 Å². The van der Waals surface area contributed by atoms with E-state index >= 15 is 0 Å². The van der Waals surface area contributed by atoms with Gasteiger partial charge in [0.1, 0.15) is 5.78 Å². The van der Waals surface area contributed by atoms with Crippen molar-refractivity contribution in [3.63, 3.8) is 0 Å². The van der Waals surface area contributed by atoms with Crippen molar-refractivity contribution in [3.05, 3.63) is 30.3 Å². The average molecular weight is 471 g/mol. The Morgan fingerprint density at radius 3 is 2.42 bits per heavy atom. The van der Waals surface area contributed by atoms with E-state index in [0.717, 1.165) is 43.4 Å². The number of sulfone groups is 1. The van der Waals surface area contributed by atoms with Crippen molar-refractivity contribution >= 4 is 15.6 Å². The van der Waals surface area contributed by atoms with Gasteiger partial charge < -0.3 is 0 Å². The van der Waals surface area contributed by atoms with Gasteiger partial charge in [-0.15, -0.1) is 0 Å². The van der Waals surface area contributed by atoms with Crippen LogP contribution in [-0.2, 0) is 14.6 Å². The van der Waals surface area contributed by atoms with Crippen LogP contribution in [0, 0.1) is 46.3 Å². The van der Waals surface area contributed by atoms with Crippen molar-refractivity contribution in [2.24, 2.45) is 46.3 Å². The van der Waals surface area contributed by atoms with Gasteiger partial charge in [-0.1, -0.05) is 39.0 Å². The Morgan fingerprint density at radius 2 is 1.67 bits per heavy atom. The number of fused-ring (bicyclic) bond motifs is 5. The molecule has 0 unspecified atom stereocenters. The Labute approximate surface area is 201 Å². The molecular formula is C29H42O3S. The van der Waals surface area contributed by atoms with Crippen LogP contribution in [0.25, 0.3) is 0 Å². The molecule has 3 nitrogen and oxygen atoms in total. The van der Waals surface area contributed by atoms with Crippen molar-refractivity contribution in [2.75, 3.05) is 5.75 Å². The van der Waals surface area contributed by atoms with Crippen molar-refractivity contribution in [2.45, 2.75) is 89.9 Å². The van der Waals surface area contributed by atoms with Gasteiger partial charge in [0.15, 0.2) is 9.84 Å². The minimum absolute atomic E-state index is 0.259. The van der Waals surface area contributed by atoms with Crippen LogP contribution >= 0.6 is 0 Å². The van der Waals surface area contributed by atoms with Crippen LogP contribution < -0.4 is 0 Å². The van der Waals surface area contributed by atoms with Gasteiger partial charge in [-0.25, -0.2) is 8.42 Å². The highest BCUT2D eigenvalue weighted by atomic mass is 32.2. The first-order valence-electron chi connectivity index (χ1n) is 13.4. The molecule has 4 aliphatic rings. The van der Waals surface area contributed by atoms with E-state index in [9.17, 15) is 13.2 Å². The molecule has 0 N–H and O–H groups in total. The zero-order valence-corrected chi connectivity index (χ0v) is 21.6. The monoisotopic (exact) mass is 470 g/mol. The van der Waals surface area contributed by atoms with Gasteiger partial charge in [0, 0.05) is 12.8 Å². The normalized spacial score (nSPS) is 41.7. The second-order valence-corrected chi connectivity index (χ2v) is 14.6. The average Bonchev–Trinajstić information content (AvgIpc) is 3.16. The second kappa shape index (κ2) is 8.50. The van der Waals surface area contributed by atoms with Crippen molar-refractivity contribution < 1.29 is 13.2 Å². The summed E-state index contributed by atoms with van der Waals surface area (Å²) in [5, 5.41) is 0. The van der Waals surface area contributed by atoms with Crippen LogP contribution in [0.1, 0.15) is 85.0 Å². The molecule has 8 atom stereocenters. The summed E-state index contributed by atoms with van der Waals surface area (Å²) in [5.74, 6) is 4.82. The molecule has 4 saturated carbocycles.